The van der Waals surface area contributed by atoms with Crippen molar-refractivity contribution in [2.75, 3.05) is 18.4 Å². The summed E-state index contributed by atoms with van der Waals surface area (Å²) in [6.07, 6.45) is 9.16. The molecule has 1 aromatic rings. The summed E-state index contributed by atoms with van der Waals surface area (Å²) in [6.45, 7) is 2.58. The number of nitrogens with one attached hydrogen (secondary N) is 1. The number of aryl methyl sites for hydroxylation is 1. The van der Waals surface area contributed by atoms with Crippen LogP contribution in [-0.4, -0.2) is 39.6 Å². The molecule has 0 radical (unpaired) electrons. The first-order chi connectivity index (χ1) is 7.83. The van der Waals surface area contributed by atoms with Crippen LogP contribution in [0, 0.1) is 0 Å². The fourth-order valence-corrected chi connectivity index (χ4v) is 3.04. The molecular formula is C12H20N4. The Bertz CT molecular complexity index is 360. The first-order valence-electron chi connectivity index (χ1n) is 6.31. The second-order valence-corrected chi connectivity index (χ2v) is 5.06. The maximum Gasteiger partial charge on any atom is 0.202 e. The maximum absolute atomic E-state index is 4.33. The molecule has 4 heteroatoms. The standard InChI is InChI=1S/C12H20N4/c1-15-8-5-13-12(15)14-10-4-7-16-6-2-3-11(16)9-10/h5,8,10-11H,2-4,6-7,9H2,1H3,(H,13,14). The van der Waals surface area contributed by atoms with Gasteiger partial charge in [-0.1, -0.05) is 0 Å². The number of hydrogen-bond donors (Lipinski definition) is 1. The predicted octanol–water partition coefficient (Wildman–Crippen LogP) is 1.46. The first kappa shape index (κ1) is 10.1. The van der Waals surface area contributed by atoms with Gasteiger partial charge in [-0.3, -0.25) is 0 Å². The summed E-state index contributed by atoms with van der Waals surface area (Å²) < 4.78 is 2.06. The van der Waals surface area contributed by atoms with Crippen molar-refractivity contribution in [2.45, 2.75) is 37.8 Å². The fraction of sp³-hybridized carbons (Fsp3) is 0.750. The Morgan fingerprint density at radius 2 is 2.31 bits per heavy atom. The minimum absolute atomic E-state index is 0.612. The highest BCUT2D eigenvalue weighted by Gasteiger charge is 2.31. The van der Waals surface area contributed by atoms with Crippen LogP contribution in [-0.2, 0) is 7.05 Å². The van der Waals surface area contributed by atoms with E-state index in [9.17, 15) is 0 Å². The van der Waals surface area contributed by atoms with Crippen LogP contribution in [0.2, 0.25) is 0 Å². The zero-order valence-corrected chi connectivity index (χ0v) is 9.89. The van der Waals surface area contributed by atoms with Gasteiger partial charge in [-0.15, -0.1) is 0 Å². The molecular weight excluding hydrogens is 200 g/mol. The predicted molar refractivity (Wildman–Crippen MR) is 64.4 cm³/mol. The molecule has 0 aliphatic carbocycles. The van der Waals surface area contributed by atoms with Gasteiger partial charge in [0.1, 0.15) is 0 Å². The third-order valence-corrected chi connectivity index (χ3v) is 3.97. The zero-order chi connectivity index (χ0) is 11.0. The Kier molecular flexibility index (Phi) is 2.59. The number of imidazole rings is 1. The van der Waals surface area contributed by atoms with E-state index in [1.165, 1.54) is 38.8 Å². The van der Waals surface area contributed by atoms with Crippen LogP contribution in [0.1, 0.15) is 25.7 Å². The van der Waals surface area contributed by atoms with Gasteiger partial charge in [0.25, 0.3) is 0 Å². The van der Waals surface area contributed by atoms with Crippen LogP contribution in [0.15, 0.2) is 12.4 Å². The molecule has 0 spiro atoms. The topological polar surface area (TPSA) is 33.1 Å². The van der Waals surface area contributed by atoms with E-state index < -0.39 is 0 Å². The second-order valence-electron chi connectivity index (χ2n) is 5.06. The van der Waals surface area contributed by atoms with E-state index in [2.05, 4.69) is 19.8 Å². The van der Waals surface area contributed by atoms with Crippen molar-refractivity contribution in [2.24, 2.45) is 7.05 Å². The van der Waals surface area contributed by atoms with Crippen molar-refractivity contribution < 1.29 is 0 Å². The molecule has 3 heterocycles. The molecule has 1 N–H and O–H groups in total. The summed E-state index contributed by atoms with van der Waals surface area (Å²) >= 11 is 0. The molecule has 0 saturated carbocycles. The molecule has 2 saturated heterocycles. The number of anilines is 1. The minimum atomic E-state index is 0.612. The Morgan fingerprint density at radius 1 is 1.38 bits per heavy atom. The molecule has 2 unspecified atom stereocenters. The van der Waals surface area contributed by atoms with E-state index in [-0.39, 0.29) is 0 Å². The van der Waals surface area contributed by atoms with Gasteiger partial charge in [0.2, 0.25) is 5.95 Å². The van der Waals surface area contributed by atoms with E-state index in [0.717, 1.165) is 12.0 Å². The molecule has 2 aliphatic rings. The molecule has 0 amide bonds. The first-order valence-corrected chi connectivity index (χ1v) is 6.31. The second kappa shape index (κ2) is 4.09. The van der Waals surface area contributed by atoms with Crippen LogP contribution in [0.5, 0.6) is 0 Å². The average Bonchev–Trinajstić information content (AvgIpc) is 2.88. The highest BCUT2D eigenvalue weighted by atomic mass is 15.2. The highest BCUT2D eigenvalue weighted by Crippen LogP contribution is 2.28. The maximum atomic E-state index is 4.33. The van der Waals surface area contributed by atoms with Crippen molar-refractivity contribution in [1.29, 1.82) is 0 Å². The lowest BCUT2D eigenvalue weighted by Gasteiger charge is -2.35. The van der Waals surface area contributed by atoms with Gasteiger partial charge in [-0.25, -0.2) is 4.98 Å². The molecule has 4 nitrogen and oxygen atoms in total. The molecule has 1 aromatic heterocycles. The minimum Gasteiger partial charge on any atom is -0.353 e. The Balaban J connectivity index is 1.62. The largest absolute Gasteiger partial charge is 0.353 e. The van der Waals surface area contributed by atoms with Crippen LogP contribution >= 0.6 is 0 Å². The molecule has 2 fully saturated rings. The molecule has 3 rings (SSSR count). The molecule has 16 heavy (non-hydrogen) atoms. The Labute approximate surface area is 96.7 Å². The van der Waals surface area contributed by atoms with Crippen molar-refractivity contribution in [3.05, 3.63) is 12.4 Å². The summed E-state index contributed by atoms with van der Waals surface area (Å²) in [5, 5.41) is 3.57. The lowest BCUT2D eigenvalue weighted by Crippen LogP contribution is -2.43. The van der Waals surface area contributed by atoms with Crippen molar-refractivity contribution in [3.63, 3.8) is 0 Å². The molecule has 0 aromatic carbocycles. The van der Waals surface area contributed by atoms with Gasteiger partial charge in [-0.2, -0.15) is 0 Å². The summed E-state index contributed by atoms with van der Waals surface area (Å²) in [6, 6.07) is 1.44. The van der Waals surface area contributed by atoms with Gasteiger partial charge in [0.15, 0.2) is 0 Å². The lowest BCUT2D eigenvalue weighted by atomic mass is 9.98. The number of piperidine rings is 1. The summed E-state index contributed by atoms with van der Waals surface area (Å²) in [4.78, 5) is 6.98. The van der Waals surface area contributed by atoms with Crippen molar-refractivity contribution in [3.8, 4) is 0 Å². The average molecular weight is 220 g/mol. The van der Waals surface area contributed by atoms with Gasteiger partial charge in [0, 0.05) is 38.1 Å². The quantitative estimate of drug-likeness (QED) is 0.819. The SMILES string of the molecule is Cn1ccnc1NC1CCN2CCCC2C1. The van der Waals surface area contributed by atoms with Crippen LogP contribution < -0.4 is 5.32 Å². The highest BCUT2D eigenvalue weighted by molar-refractivity contribution is 5.27. The van der Waals surface area contributed by atoms with Crippen LogP contribution in [0.4, 0.5) is 5.95 Å². The number of fused-ring (bicyclic) bond motifs is 1. The molecule has 88 valence electrons. The van der Waals surface area contributed by atoms with E-state index in [1.807, 2.05) is 19.4 Å². The summed E-state index contributed by atoms with van der Waals surface area (Å²) in [5.74, 6) is 1.01. The molecule has 0 bridgehead atoms. The fourth-order valence-electron chi connectivity index (χ4n) is 3.04. The van der Waals surface area contributed by atoms with Gasteiger partial charge in [-0.05, 0) is 32.2 Å². The molecule has 2 aliphatic heterocycles. The Hall–Kier alpha value is -1.03. The third kappa shape index (κ3) is 1.82. The number of nitrogens with zero attached hydrogens (tertiary/aromatic N) is 3. The van der Waals surface area contributed by atoms with Crippen LogP contribution in [0.3, 0.4) is 0 Å². The normalized spacial score (nSPS) is 30.3. The third-order valence-electron chi connectivity index (χ3n) is 3.97. The van der Waals surface area contributed by atoms with Gasteiger partial charge < -0.3 is 14.8 Å². The number of hydrogen-bond acceptors (Lipinski definition) is 3. The van der Waals surface area contributed by atoms with E-state index in [1.54, 1.807) is 0 Å². The number of rotatable bonds is 2. The Morgan fingerprint density at radius 3 is 3.12 bits per heavy atom. The lowest BCUT2D eigenvalue weighted by molar-refractivity contribution is 0.187. The number of aromatic nitrogens is 2. The van der Waals surface area contributed by atoms with Crippen LogP contribution in [0.25, 0.3) is 0 Å². The van der Waals surface area contributed by atoms with Gasteiger partial charge in [0.05, 0.1) is 0 Å². The molecule has 2 atom stereocenters. The van der Waals surface area contributed by atoms with Crippen molar-refractivity contribution >= 4 is 5.95 Å². The van der Waals surface area contributed by atoms with E-state index in [0.29, 0.717) is 6.04 Å². The van der Waals surface area contributed by atoms with E-state index in [4.69, 9.17) is 0 Å². The zero-order valence-electron chi connectivity index (χ0n) is 9.89. The van der Waals surface area contributed by atoms with E-state index >= 15 is 0 Å². The summed E-state index contributed by atoms with van der Waals surface area (Å²) in [5.41, 5.74) is 0. The van der Waals surface area contributed by atoms with Crippen molar-refractivity contribution in [1.82, 2.24) is 14.5 Å². The summed E-state index contributed by atoms with van der Waals surface area (Å²) in [7, 11) is 2.04. The smallest absolute Gasteiger partial charge is 0.202 e. The monoisotopic (exact) mass is 220 g/mol. The van der Waals surface area contributed by atoms with Gasteiger partial charge >= 0.3 is 0 Å².